The summed E-state index contributed by atoms with van der Waals surface area (Å²) in [7, 11) is 0. The Morgan fingerprint density at radius 2 is 1.90 bits per heavy atom. The first-order valence-electron chi connectivity index (χ1n) is 8.21. The van der Waals surface area contributed by atoms with Crippen LogP contribution in [0.15, 0.2) is 24.3 Å². The van der Waals surface area contributed by atoms with Gasteiger partial charge in [-0.05, 0) is 31.4 Å². The Morgan fingerprint density at radius 3 is 2.52 bits per heavy atom. The minimum atomic E-state index is 0.271. The lowest BCUT2D eigenvalue weighted by Gasteiger charge is -2.34. The summed E-state index contributed by atoms with van der Waals surface area (Å²) in [6, 6.07) is 9.03. The van der Waals surface area contributed by atoms with Crippen LogP contribution < -0.4 is 5.32 Å². The lowest BCUT2D eigenvalue weighted by atomic mass is 9.79. The average molecular weight is 287 g/mol. The number of benzene rings is 1. The number of nitrogens with one attached hydrogen (secondary N) is 1. The van der Waals surface area contributed by atoms with Crippen molar-refractivity contribution < 1.29 is 0 Å². The third kappa shape index (κ3) is 3.29. The summed E-state index contributed by atoms with van der Waals surface area (Å²) in [5.74, 6) is 0. The fourth-order valence-electron chi connectivity index (χ4n) is 2.90. The van der Waals surface area contributed by atoms with E-state index in [-0.39, 0.29) is 5.41 Å². The Balaban J connectivity index is 2.37. The van der Waals surface area contributed by atoms with Crippen molar-refractivity contribution in [2.75, 3.05) is 6.54 Å². The number of hydrogen-bond acceptors (Lipinski definition) is 2. The van der Waals surface area contributed by atoms with Gasteiger partial charge in [-0.3, -0.25) is 4.68 Å². The third-order valence-electron chi connectivity index (χ3n) is 4.74. The Kier molecular flexibility index (Phi) is 5.04. The quantitative estimate of drug-likeness (QED) is 0.833. The molecular weight excluding hydrogens is 258 g/mol. The van der Waals surface area contributed by atoms with Crippen molar-refractivity contribution in [1.29, 1.82) is 0 Å². The van der Waals surface area contributed by atoms with Gasteiger partial charge in [0.15, 0.2) is 0 Å². The summed E-state index contributed by atoms with van der Waals surface area (Å²) < 4.78 is 2.12. The summed E-state index contributed by atoms with van der Waals surface area (Å²) in [6.45, 7) is 13.2. The summed E-state index contributed by atoms with van der Waals surface area (Å²) in [6.07, 6.45) is 2.15. The molecule has 1 aromatic carbocycles. The molecule has 0 amide bonds. The Bertz CT molecular complexity index is 583. The first-order chi connectivity index (χ1) is 10.0. The number of aryl methyl sites for hydroxylation is 1. The zero-order valence-corrected chi connectivity index (χ0v) is 14.1. The Hall–Kier alpha value is -1.35. The van der Waals surface area contributed by atoms with E-state index in [1.54, 1.807) is 0 Å². The van der Waals surface area contributed by atoms with Gasteiger partial charge < -0.3 is 5.32 Å². The fraction of sp³-hybridized carbons (Fsp3) is 0.611. The van der Waals surface area contributed by atoms with Crippen LogP contribution in [0, 0.1) is 5.41 Å². The highest BCUT2D eigenvalue weighted by Gasteiger charge is 2.28. The SMILES string of the molecule is CCNC(Cc1nn(CC)c2ccccc12)C(C)(C)CC. The first-order valence-corrected chi connectivity index (χ1v) is 8.21. The Morgan fingerprint density at radius 1 is 1.19 bits per heavy atom. The van der Waals surface area contributed by atoms with E-state index in [2.05, 4.69) is 68.9 Å². The molecule has 0 fully saturated rings. The maximum absolute atomic E-state index is 4.85. The number of rotatable bonds is 7. The number of nitrogens with zero attached hydrogens (tertiary/aromatic N) is 2. The van der Waals surface area contributed by atoms with Crippen LogP contribution in [0.4, 0.5) is 0 Å². The summed E-state index contributed by atoms with van der Waals surface area (Å²) in [5.41, 5.74) is 2.74. The molecule has 3 heteroatoms. The van der Waals surface area contributed by atoms with E-state index < -0.39 is 0 Å². The Labute approximate surface area is 128 Å². The van der Waals surface area contributed by atoms with Gasteiger partial charge in [0.05, 0.1) is 11.2 Å². The van der Waals surface area contributed by atoms with Gasteiger partial charge in [0.2, 0.25) is 0 Å². The minimum absolute atomic E-state index is 0.271. The van der Waals surface area contributed by atoms with Gasteiger partial charge in [-0.1, -0.05) is 45.9 Å². The highest BCUT2D eigenvalue weighted by molar-refractivity contribution is 5.82. The van der Waals surface area contributed by atoms with Crippen molar-refractivity contribution >= 4 is 10.9 Å². The molecule has 0 radical (unpaired) electrons. The lowest BCUT2D eigenvalue weighted by Crippen LogP contribution is -2.43. The molecule has 1 unspecified atom stereocenters. The lowest BCUT2D eigenvalue weighted by molar-refractivity contribution is 0.231. The molecule has 1 heterocycles. The van der Waals surface area contributed by atoms with Gasteiger partial charge in [-0.2, -0.15) is 5.10 Å². The van der Waals surface area contributed by atoms with Crippen LogP contribution in [0.2, 0.25) is 0 Å². The molecule has 2 rings (SSSR count). The van der Waals surface area contributed by atoms with Crippen molar-refractivity contribution in [2.45, 2.75) is 60.0 Å². The second-order valence-corrected chi connectivity index (χ2v) is 6.44. The van der Waals surface area contributed by atoms with E-state index in [0.717, 1.165) is 25.9 Å². The van der Waals surface area contributed by atoms with Crippen LogP contribution in [0.5, 0.6) is 0 Å². The number of fused-ring (bicyclic) bond motifs is 1. The van der Waals surface area contributed by atoms with Gasteiger partial charge in [0.1, 0.15) is 0 Å². The number of para-hydroxylation sites is 1. The van der Waals surface area contributed by atoms with Crippen LogP contribution in [0.1, 0.15) is 46.7 Å². The molecule has 0 bridgehead atoms. The molecule has 21 heavy (non-hydrogen) atoms. The molecule has 0 aliphatic rings. The molecule has 0 aliphatic heterocycles. The number of likely N-dealkylation sites (N-methyl/N-ethyl adjacent to an activating group) is 1. The zero-order chi connectivity index (χ0) is 15.5. The fourth-order valence-corrected chi connectivity index (χ4v) is 2.90. The van der Waals surface area contributed by atoms with Gasteiger partial charge in [0.25, 0.3) is 0 Å². The van der Waals surface area contributed by atoms with E-state index in [1.165, 1.54) is 16.6 Å². The smallest absolute Gasteiger partial charge is 0.0719 e. The topological polar surface area (TPSA) is 29.9 Å². The van der Waals surface area contributed by atoms with E-state index in [1.807, 2.05) is 0 Å². The van der Waals surface area contributed by atoms with Crippen LogP contribution in [0.25, 0.3) is 10.9 Å². The summed E-state index contributed by atoms with van der Waals surface area (Å²) in [5, 5.41) is 9.82. The van der Waals surface area contributed by atoms with E-state index in [0.29, 0.717) is 6.04 Å². The molecule has 0 saturated heterocycles. The normalized spacial score (nSPS) is 13.8. The number of hydrogen-bond donors (Lipinski definition) is 1. The van der Waals surface area contributed by atoms with E-state index >= 15 is 0 Å². The first kappa shape index (κ1) is 16.0. The van der Waals surface area contributed by atoms with Crippen molar-refractivity contribution in [3.05, 3.63) is 30.0 Å². The second-order valence-electron chi connectivity index (χ2n) is 6.44. The monoisotopic (exact) mass is 287 g/mol. The summed E-state index contributed by atoms with van der Waals surface area (Å²) in [4.78, 5) is 0. The average Bonchev–Trinajstić information content (AvgIpc) is 2.85. The molecular formula is C18H29N3. The van der Waals surface area contributed by atoms with Gasteiger partial charge >= 0.3 is 0 Å². The zero-order valence-electron chi connectivity index (χ0n) is 14.1. The van der Waals surface area contributed by atoms with Crippen molar-refractivity contribution in [2.24, 2.45) is 5.41 Å². The van der Waals surface area contributed by atoms with E-state index in [9.17, 15) is 0 Å². The second kappa shape index (κ2) is 6.61. The highest BCUT2D eigenvalue weighted by atomic mass is 15.3. The van der Waals surface area contributed by atoms with Crippen molar-refractivity contribution in [3.63, 3.8) is 0 Å². The molecule has 1 atom stereocenters. The van der Waals surface area contributed by atoms with Crippen molar-refractivity contribution in [3.8, 4) is 0 Å². The summed E-state index contributed by atoms with van der Waals surface area (Å²) >= 11 is 0. The van der Waals surface area contributed by atoms with Gasteiger partial charge in [0, 0.05) is 24.4 Å². The maximum atomic E-state index is 4.85. The van der Waals surface area contributed by atoms with Gasteiger partial charge in [-0.15, -0.1) is 0 Å². The standard InChI is InChI=1S/C18H29N3/c1-6-18(4,5)17(19-7-2)13-15-14-11-9-10-12-16(14)21(8-3)20-15/h9-12,17,19H,6-8,13H2,1-5H3. The molecule has 116 valence electrons. The largest absolute Gasteiger partial charge is 0.313 e. The van der Waals surface area contributed by atoms with E-state index in [4.69, 9.17) is 5.10 Å². The molecule has 0 aliphatic carbocycles. The molecule has 0 spiro atoms. The maximum Gasteiger partial charge on any atom is 0.0719 e. The molecule has 3 nitrogen and oxygen atoms in total. The van der Waals surface area contributed by atoms with Crippen LogP contribution in [0.3, 0.4) is 0 Å². The number of aromatic nitrogens is 2. The molecule has 1 N–H and O–H groups in total. The van der Waals surface area contributed by atoms with Crippen LogP contribution in [-0.2, 0) is 13.0 Å². The third-order valence-corrected chi connectivity index (χ3v) is 4.74. The van der Waals surface area contributed by atoms with Crippen LogP contribution in [-0.4, -0.2) is 22.4 Å². The van der Waals surface area contributed by atoms with Gasteiger partial charge in [-0.25, -0.2) is 0 Å². The van der Waals surface area contributed by atoms with Crippen LogP contribution >= 0.6 is 0 Å². The minimum Gasteiger partial charge on any atom is -0.313 e. The molecule has 1 aromatic heterocycles. The molecule has 0 saturated carbocycles. The predicted octanol–water partition coefficient (Wildman–Crippen LogP) is 4.01. The van der Waals surface area contributed by atoms with Crippen molar-refractivity contribution in [1.82, 2.24) is 15.1 Å². The highest BCUT2D eigenvalue weighted by Crippen LogP contribution is 2.29. The molecule has 2 aromatic rings. The predicted molar refractivity (Wildman–Crippen MR) is 90.6 cm³/mol.